The third-order valence-corrected chi connectivity index (χ3v) is 5.78. The van der Waals surface area contributed by atoms with Crippen molar-refractivity contribution in [2.75, 3.05) is 6.54 Å². The first kappa shape index (κ1) is 12.0. The average Bonchev–Trinajstić information content (AvgIpc) is 2.93. The lowest BCUT2D eigenvalue weighted by molar-refractivity contribution is -0.0291. The first-order valence-electron chi connectivity index (χ1n) is 7.65. The number of hydrogen-bond donors (Lipinski definition) is 1. The summed E-state index contributed by atoms with van der Waals surface area (Å²) in [6, 6.07) is 1.44. The molecule has 3 aliphatic rings. The molecule has 1 N–H and O–H groups in total. The minimum atomic E-state index is -0.0287. The zero-order chi connectivity index (χ0) is 11.9. The molecule has 2 saturated carbocycles. The van der Waals surface area contributed by atoms with E-state index in [9.17, 15) is 5.11 Å². The first-order chi connectivity index (χ1) is 8.21. The van der Waals surface area contributed by atoms with E-state index >= 15 is 0 Å². The fraction of sp³-hybridized carbons (Fsp3) is 1.00. The maximum absolute atomic E-state index is 10.0. The molecule has 1 aliphatic heterocycles. The van der Waals surface area contributed by atoms with Gasteiger partial charge >= 0.3 is 0 Å². The minimum absolute atomic E-state index is 0.0287. The molecule has 1 saturated heterocycles. The molecule has 1 heterocycles. The third-order valence-electron chi connectivity index (χ3n) is 5.78. The van der Waals surface area contributed by atoms with Crippen LogP contribution in [0.15, 0.2) is 0 Å². The van der Waals surface area contributed by atoms with Gasteiger partial charge in [0.05, 0.1) is 6.10 Å². The second-order valence-corrected chi connectivity index (χ2v) is 6.74. The van der Waals surface area contributed by atoms with Crippen LogP contribution in [0.25, 0.3) is 0 Å². The van der Waals surface area contributed by atoms with Crippen LogP contribution in [0.3, 0.4) is 0 Å². The molecule has 0 radical (unpaired) electrons. The maximum atomic E-state index is 10.0. The van der Waals surface area contributed by atoms with Crippen molar-refractivity contribution in [3.8, 4) is 0 Å². The van der Waals surface area contributed by atoms with Crippen LogP contribution in [0.1, 0.15) is 64.7 Å². The molecule has 3 rings (SSSR count). The summed E-state index contributed by atoms with van der Waals surface area (Å²) in [6.45, 7) is 3.66. The van der Waals surface area contributed by atoms with Crippen LogP contribution in [0, 0.1) is 5.41 Å². The lowest BCUT2D eigenvalue weighted by atomic mass is 9.67. The molecule has 3 fully saturated rings. The largest absolute Gasteiger partial charge is 0.393 e. The van der Waals surface area contributed by atoms with E-state index in [1.165, 1.54) is 51.5 Å². The van der Waals surface area contributed by atoms with E-state index in [2.05, 4.69) is 11.8 Å². The van der Waals surface area contributed by atoms with Gasteiger partial charge in [0.15, 0.2) is 0 Å². The van der Waals surface area contributed by atoms with Crippen LogP contribution in [0.5, 0.6) is 0 Å². The van der Waals surface area contributed by atoms with Gasteiger partial charge in [-0.3, -0.25) is 4.90 Å². The summed E-state index contributed by atoms with van der Waals surface area (Å²) in [5.41, 5.74) is 0.581. The highest BCUT2D eigenvalue weighted by atomic mass is 16.3. The SMILES string of the molecule is CC1CCCN1C1CC(O)CCC12CCCC2. The Morgan fingerprint density at radius 1 is 1.06 bits per heavy atom. The van der Waals surface area contributed by atoms with E-state index in [1.807, 2.05) is 0 Å². The highest BCUT2D eigenvalue weighted by Crippen LogP contribution is 2.52. The quantitative estimate of drug-likeness (QED) is 0.758. The van der Waals surface area contributed by atoms with Crippen LogP contribution in [0.4, 0.5) is 0 Å². The molecule has 2 heteroatoms. The van der Waals surface area contributed by atoms with Crippen molar-refractivity contribution < 1.29 is 5.11 Å². The predicted molar refractivity (Wildman–Crippen MR) is 69.9 cm³/mol. The van der Waals surface area contributed by atoms with Gasteiger partial charge in [0, 0.05) is 12.1 Å². The van der Waals surface area contributed by atoms with Gasteiger partial charge in [-0.1, -0.05) is 12.8 Å². The number of rotatable bonds is 1. The van der Waals surface area contributed by atoms with Crippen LogP contribution in [0.2, 0.25) is 0 Å². The highest BCUT2D eigenvalue weighted by Gasteiger charge is 2.48. The van der Waals surface area contributed by atoms with Crippen LogP contribution in [-0.4, -0.2) is 34.7 Å². The summed E-state index contributed by atoms with van der Waals surface area (Å²) in [6.07, 6.45) is 11.8. The molecule has 2 nitrogen and oxygen atoms in total. The fourth-order valence-electron chi connectivity index (χ4n) is 4.81. The third kappa shape index (κ3) is 2.04. The Bertz CT molecular complexity index is 272. The molecule has 0 aromatic heterocycles. The zero-order valence-electron chi connectivity index (χ0n) is 11.2. The molecule has 0 aromatic rings. The molecule has 98 valence electrons. The fourth-order valence-corrected chi connectivity index (χ4v) is 4.81. The van der Waals surface area contributed by atoms with E-state index in [-0.39, 0.29) is 6.10 Å². The lowest BCUT2D eigenvalue weighted by Gasteiger charge is -2.49. The van der Waals surface area contributed by atoms with Crippen LogP contribution < -0.4 is 0 Å². The average molecular weight is 237 g/mol. The summed E-state index contributed by atoms with van der Waals surface area (Å²) in [5.74, 6) is 0. The molecule has 1 spiro atoms. The monoisotopic (exact) mass is 237 g/mol. The van der Waals surface area contributed by atoms with E-state index in [0.29, 0.717) is 11.5 Å². The molecule has 0 bridgehead atoms. The normalized spacial score (nSPS) is 42.4. The second-order valence-electron chi connectivity index (χ2n) is 6.74. The zero-order valence-corrected chi connectivity index (χ0v) is 11.2. The Morgan fingerprint density at radius 2 is 1.82 bits per heavy atom. The number of aliphatic hydroxyl groups excluding tert-OH is 1. The summed E-state index contributed by atoms with van der Waals surface area (Å²) in [4.78, 5) is 2.74. The Kier molecular flexibility index (Phi) is 3.20. The van der Waals surface area contributed by atoms with Gasteiger partial charge in [0.25, 0.3) is 0 Å². The van der Waals surface area contributed by atoms with E-state index < -0.39 is 0 Å². The Labute approximate surface area is 105 Å². The lowest BCUT2D eigenvalue weighted by Crippen LogP contribution is -2.52. The van der Waals surface area contributed by atoms with Gasteiger partial charge in [0.1, 0.15) is 0 Å². The van der Waals surface area contributed by atoms with E-state index in [1.54, 1.807) is 0 Å². The molecule has 3 atom stereocenters. The summed E-state index contributed by atoms with van der Waals surface area (Å²) >= 11 is 0. The van der Waals surface area contributed by atoms with Crippen molar-refractivity contribution in [1.29, 1.82) is 0 Å². The van der Waals surface area contributed by atoms with Gasteiger partial charge in [-0.05, 0) is 63.8 Å². The van der Waals surface area contributed by atoms with E-state index in [0.717, 1.165) is 18.9 Å². The standard InChI is InChI=1S/C15H27NO/c1-12-5-4-10-16(12)14-11-13(17)6-9-15(14)7-2-3-8-15/h12-14,17H,2-11H2,1H3. The number of nitrogens with zero attached hydrogens (tertiary/aromatic N) is 1. The molecule has 0 amide bonds. The van der Waals surface area contributed by atoms with Crippen molar-refractivity contribution in [3.63, 3.8) is 0 Å². The van der Waals surface area contributed by atoms with E-state index in [4.69, 9.17) is 0 Å². The molecular weight excluding hydrogens is 210 g/mol. The summed E-state index contributed by atoms with van der Waals surface area (Å²) in [5, 5.41) is 10.0. The summed E-state index contributed by atoms with van der Waals surface area (Å²) < 4.78 is 0. The van der Waals surface area contributed by atoms with Crippen LogP contribution in [-0.2, 0) is 0 Å². The second kappa shape index (κ2) is 4.55. The molecule has 3 unspecified atom stereocenters. The number of hydrogen-bond acceptors (Lipinski definition) is 2. The van der Waals surface area contributed by atoms with Crippen LogP contribution >= 0.6 is 0 Å². The number of aliphatic hydroxyl groups is 1. The van der Waals surface area contributed by atoms with Gasteiger partial charge in [-0.15, -0.1) is 0 Å². The van der Waals surface area contributed by atoms with Crippen molar-refractivity contribution >= 4 is 0 Å². The Balaban J connectivity index is 1.81. The van der Waals surface area contributed by atoms with Gasteiger partial charge < -0.3 is 5.11 Å². The van der Waals surface area contributed by atoms with Gasteiger partial charge in [-0.2, -0.15) is 0 Å². The molecular formula is C15H27NO. The van der Waals surface area contributed by atoms with Crippen molar-refractivity contribution in [1.82, 2.24) is 4.90 Å². The van der Waals surface area contributed by atoms with Crippen molar-refractivity contribution in [2.45, 2.75) is 82.9 Å². The Hall–Kier alpha value is -0.0800. The smallest absolute Gasteiger partial charge is 0.0555 e. The van der Waals surface area contributed by atoms with Gasteiger partial charge in [-0.25, -0.2) is 0 Å². The molecule has 0 aromatic carbocycles. The molecule has 17 heavy (non-hydrogen) atoms. The molecule has 2 aliphatic carbocycles. The maximum Gasteiger partial charge on any atom is 0.0555 e. The van der Waals surface area contributed by atoms with Crippen molar-refractivity contribution in [2.24, 2.45) is 5.41 Å². The number of likely N-dealkylation sites (tertiary alicyclic amines) is 1. The summed E-state index contributed by atoms with van der Waals surface area (Å²) in [7, 11) is 0. The minimum Gasteiger partial charge on any atom is -0.393 e. The topological polar surface area (TPSA) is 23.5 Å². The Morgan fingerprint density at radius 3 is 2.47 bits per heavy atom. The van der Waals surface area contributed by atoms with Crippen molar-refractivity contribution in [3.05, 3.63) is 0 Å². The van der Waals surface area contributed by atoms with Gasteiger partial charge in [0.2, 0.25) is 0 Å². The predicted octanol–water partition coefficient (Wildman–Crippen LogP) is 2.94. The first-order valence-corrected chi connectivity index (χ1v) is 7.65. The highest BCUT2D eigenvalue weighted by molar-refractivity contribution is 5.02.